The highest BCUT2D eigenvalue weighted by Gasteiger charge is 2.41. The molecule has 290 valence electrons. The molecule has 3 aliphatic rings. The maximum Gasteiger partial charge on any atom is 0.421 e. The molecule has 4 heterocycles. The van der Waals surface area contributed by atoms with Crippen LogP contribution in [-0.4, -0.2) is 71.7 Å². The van der Waals surface area contributed by atoms with E-state index < -0.39 is 41.7 Å². The third kappa shape index (κ3) is 7.80. The first-order valence-electron chi connectivity index (χ1n) is 18.1. The Labute approximate surface area is 321 Å². The minimum atomic E-state index is -4.78. The Morgan fingerprint density at radius 1 is 1.00 bits per heavy atom. The van der Waals surface area contributed by atoms with Crippen molar-refractivity contribution in [3.8, 4) is 40.0 Å². The van der Waals surface area contributed by atoms with Gasteiger partial charge in [-0.15, -0.1) is 0 Å². The van der Waals surface area contributed by atoms with Gasteiger partial charge in [-0.1, -0.05) is 54.1 Å². The first-order chi connectivity index (χ1) is 26.4. The van der Waals surface area contributed by atoms with Gasteiger partial charge >= 0.3 is 12.1 Å². The lowest BCUT2D eigenvalue weighted by molar-refractivity contribution is -0.148. The van der Waals surface area contributed by atoms with Gasteiger partial charge in [0.05, 0.1) is 30.9 Å². The second-order valence-corrected chi connectivity index (χ2v) is 14.5. The van der Waals surface area contributed by atoms with Gasteiger partial charge in [0.25, 0.3) is 0 Å². The van der Waals surface area contributed by atoms with E-state index in [4.69, 9.17) is 30.8 Å². The van der Waals surface area contributed by atoms with E-state index in [1.165, 1.54) is 7.11 Å². The highest BCUT2D eigenvalue weighted by molar-refractivity contribution is 6.36. The highest BCUT2D eigenvalue weighted by atomic mass is 35.5. The van der Waals surface area contributed by atoms with Gasteiger partial charge in [0.15, 0.2) is 0 Å². The number of rotatable bonds is 13. The quantitative estimate of drug-likeness (QED) is 0.130. The van der Waals surface area contributed by atoms with Gasteiger partial charge in [0.2, 0.25) is 23.5 Å². The fraction of sp³-hybridized carbons (Fsp3) is 0.400. The third-order valence-electron chi connectivity index (χ3n) is 10.7. The number of pyridine rings is 2. The van der Waals surface area contributed by atoms with E-state index in [-0.39, 0.29) is 36.5 Å². The van der Waals surface area contributed by atoms with Crippen LogP contribution in [0, 0.1) is 5.92 Å². The number of ether oxygens (including phenoxy) is 3. The number of carboxylic acids is 1. The summed E-state index contributed by atoms with van der Waals surface area (Å²) in [5.74, 6) is -1.60. The molecule has 0 saturated carbocycles. The number of benzene rings is 2. The van der Waals surface area contributed by atoms with Gasteiger partial charge in [0, 0.05) is 66.9 Å². The van der Waals surface area contributed by atoms with Crippen molar-refractivity contribution in [1.82, 2.24) is 25.5 Å². The molecule has 2 fully saturated rings. The zero-order valence-corrected chi connectivity index (χ0v) is 31.3. The maximum absolute atomic E-state index is 14.6. The first-order valence-corrected chi connectivity index (χ1v) is 18.5. The van der Waals surface area contributed by atoms with Crippen LogP contribution in [0.4, 0.5) is 13.2 Å². The number of alkyl halides is 3. The molecule has 3 atom stereocenters. The second kappa shape index (κ2) is 15.7. The lowest BCUT2D eigenvalue weighted by Crippen LogP contribution is -2.51. The fourth-order valence-corrected chi connectivity index (χ4v) is 7.96. The lowest BCUT2D eigenvalue weighted by Gasteiger charge is -2.41. The third-order valence-corrected chi connectivity index (χ3v) is 11.1. The van der Waals surface area contributed by atoms with E-state index in [0.717, 1.165) is 40.3 Å². The molecule has 7 rings (SSSR count). The predicted molar refractivity (Wildman–Crippen MR) is 198 cm³/mol. The number of amides is 1. The average Bonchev–Trinajstić information content (AvgIpc) is 3.75. The zero-order chi connectivity index (χ0) is 39.0. The van der Waals surface area contributed by atoms with Crippen molar-refractivity contribution in [3.63, 3.8) is 0 Å². The molecule has 1 aliphatic carbocycles. The molecule has 15 heteroatoms. The number of halogens is 4. The standard InChI is InChI=1S/C40H41ClF3N5O6/c1-21(49-19-23(20-49)39(51)52)30-16-31(40(42,43)44)38(48-37(30)54-3)55-33-14-12-26-25(6-4-7-27(26)33)28-8-5-9-29(35(28)41)32-13-10-22(36(47-32)53-2)17-45-18-24-11-15-34(50)46-24/h4-10,13,16,21,23-24,33,45H,11-12,14-15,17-20H2,1-3H3,(H,46,50)(H,51,52)/t21?,24-,33-/m0/s1. The molecular formula is C40H41ClF3N5O6. The largest absolute Gasteiger partial charge is 0.481 e. The summed E-state index contributed by atoms with van der Waals surface area (Å²) in [6.45, 7) is 3.26. The molecule has 4 aromatic rings. The SMILES string of the molecule is COc1nc(-c2cccc(-c3cccc4c3CC[C@@H]4Oc3nc(OC)c(C(C)N4CC(C(=O)O)C4)cc3C(F)(F)F)c2Cl)ccc1CNC[C@@H]1CCC(=O)N1. The Kier molecular flexibility index (Phi) is 10.9. The molecule has 11 nitrogen and oxygen atoms in total. The molecular weight excluding hydrogens is 739 g/mol. The van der Waals surface area contributed by atoms with Gasteiger partial charge < -0.3 is 30.0 Å². The minimum Gasteiger partial charge on any atom is -0.481 e. The summed E-state index contributed by atoms with van der Waals surface area (Å²) in [6.07, 6.45) is -3.22. The molecule has 2 aromatic carbocycles. The molecule has 0 bridgehead atoms. The van der Waals surface area contributed by atoms with Crippen molar-refractivity contribution in [2.75, 3.05) is 33.9 Å². The van der Waals surface area contributed by atoms with E-state index in [1.54, 1.807) is 18.9 Å². The molecule has 0 radical (unpaired) electrons. The zero-order valence-electron chi connectivity index (χ0n) is 30.5. The van der Waals surface area contributed by atoms with Gasteiger partial charge in [-0.2, -0.15) is 18.2 Å². The molecule has 3 N–H and O–H groups in total. The highest BCUT2D eigenvalue weighted by Crippen LogP contribution is 2.47. The van der Waals surface area contributed by atoms with E-state index in [2.05, 4.69) is 15.6 Å². The van der Waals surface area contributed by atoms with Gasteiger partial charge in [-0.05, 0) is 55.0 Å². The maximum atomic E-state index is 14.6. The number of likely N-dealkylation sites (tertiary alicyclic amines) is 1. The smallest absolute Gasteiger partial charge is 0.421 e. The molecule has 2 saturated heterocycles. The minimum absolute atomic E-state index is 0.0153. The van der Waals surface area contributed by atoms with E-state index in [0.29, 0.717) is 54.5 Å². The summed E-state index contributed by atoms with van der Waals surface area (Å²) in [4.78, 5) is 33.6. The number of nitrogens with zero attached hydrogens (tertiary/aromatic N) is 3. The Bertz CT molecular complexity index is 2110. The van der Waals surface area contributed by atoms with Crippen molar-refractivity contribution in [3.05, 3.63) is 87.4 Å². The Morgan fingerprint density at radius 2 is 1.73 bits per heavy atom. The van der Waals surface area contributed by atoms with Crippen LogP contribution in [-0.2, 0) is 28.7 Å². The van der Waals surface area contributed by atoms with Crippen LogP contribution < -0.4 is 24.8 Å². The molecule has 55 heavy (non-hydrogen) atoms. The predicted octanol–water partition coefficient (Wildman–Crippen LogP) is 7.01. The van der Waals surface area contributed by atoms with Crippen LogP contribution in [0.25, 0.3) is 22.4 Å². The van der Waals surface area contributed by atoms with Crippen molar-refractivity contribution >= 4 is 23.5 Å². The number of nitrogens with one attached hydrogen (secondary N) is 2. The number of hydrogen-bond donors (Lipinski definition) is 3. The van der Waals surface area contributed by atoms with Crippen LogP contribution in [0.2, 0.25) is 5.02 Å². The van der Waals surface area contributed by atoms with Crippen LogP contribution in [0.5, 0.6) is 17.6 Å². The average molecular weight is 780 g/mol. The molecule has 1 amide bonds. The number of carbonyl (C=O) groups excluding carboxylic acids is 1. The number of fused-ring (bicyclic) bond motifs is 1. The van der Waals surface area contributed by atoms with E-state index >= 15 is 0 Å². The number of hydrogen-bond acceptors (Lipinski definition) is 9. The van der Waals surface area contributed by atoms with E-state index in [9.17, 15) is 27.9 Å². The van der Waals surface area contributed by atoms with Crippen LogP contribution in [0.1, 0.15) is 66.1 Å². The number of methoxy groups -OCH3 is 2. The Morgan fingerprint density at radius 3 is 2.42 bits per heavy atom. The number of carbonyl (C=O) groups is 2. The van der Waals surface area contributed by atoms with Crippen molar-refractivity contribution in [2.45, 2.75) is 63.5 Å². The summed E-state index contributed by atoms with van der Waals surface area (Å²) in [7, 11) is 2.89. The molecule has 1 unspecified atom stereocenters. The van der Waals surface area contributed by atoms with Crippen molar-refractivity contribution < 1.29 is 42.1 Å². The topological polar surface area (TPSA) is 135 Å². The number of aliphatic carboxylic acids is 1. The lowest BCUT2D eigenvalue weighted by atomic mass is 9.94. The monoisotopic (exact) mass is 779 g/mol. The first kappa shape index (κ1) is 38.4. The summed E-state index contributed by atoms with van der Waals surface area (Å²) in [5, 5.41) is 16.1. The van der Waals surface area contributed by atoms with Gasteiger partial charge in [-0.25, -0.2) is 4.98 Å². The summed E-state index contributed by atoms with van der Waals surface area (Å²) >= 11 is 7.11. The van der Waals surface area contributed by atoms with E-state index in [1.807, 2.05) is 48.5 Å². The summed E-state index contributed by atoms with van der Waals surface area (Å²) in [6, 6.07) is 15.6. The van der Waals surface area contributed by atoms with Crippen molar-refractivity contribution in [2.24, 2.45) is 5.92 Å². The normalized spacial score (nSPS) is 19.1. The summed E-state index contributed by atoms with van der Waals surface area (Å²) < 4.78 is 60.9. The van der Waals surface area contributed by atoms with Crippen molar-refractivity contribution in [1.29, 1.82) is 0 Å². The second-order valence-electron chi connectivity index (χ2n) is 14.1. The fourth-order valence-electron chi connectivity index (χ4n) is 7.64. The Balaban J connectivity index is 1.13. The summed E-state index contributed by atoms with van der Waals surface area (Å²) in [5.41, 5.74) is 4.54. The van der Waals surface area contributed by atoms with Gasteiger partial charge in [0.1, 0.15) is 11.7 Å². The number of carboxylic acid groups (broad SMARTS) is 1. The van der Waals surface area contributed by atoms with Crippen LogP contribution >= 0.6 is 11.6 Å². The van der Waals surface area contributed by atoms with Crippen LogP contribution in [0.15, 0.2) is 54.6 Å². The van der Waals surface area contributed by atoms with Gasteiger partial charge in [-0.3, -0.25) is 14.5 Å². The molecule has 0 spiro atoms. The molecule has 2 aliphatic heterocycles. The molecule has 2 aromatic heterocycles. The van der Waals surface area contributed by atoms with Crippen LogP contribution in [0.3, 0.4) is 0 Å². The number of aromatic nitrogens is 2. The Hall–Kier alpha value is -4.92.